The monoisotopic (exact) mass is 279 g/mol. The van der Waals surface area contributed by atoms with Crippen LogP contribution in [0.15, 0.2) is 0 Å². The Kier molecular flexibility index (Phi) is 3.93. The highest BCUT2D eigenvalue weighted by molar-refractivity contribution is 5.74. The van der Waals surface area contributed by atoms with Crippen molar-refractivity contribution in [3.8, 4) is 0 Å². The maximum absolute atomic E-state index is 12.1. The molecule has 0 spiro atoms. The third-order valence-electron chi connectivity index (χ3n) is 5.54. The van der Waals surface area contributed by atoms with Crippen molar-refractivity contribution in [2.45, 2.75) is 69.9 Å². The predicted octanol–water partition coefficient (Wildman–Crippen LogP) is 2.38. The van der Waals surface area contributed by atoms with Crippen molar-refractivity contribution >= 4 is 6.03 Å². The Balaban J connectivity index is 1.46. The van der Waals surface area contributed by atoms with Crippen LogP contribution in [0.2, 0.25) is 0 Å². The molecule has 4 aliphatic rings. The highest BCUT2D eigenvalue weighted by atomic mass is 16.2. The third kappa shape index (κ3) is 3.11. The van der Waals surface area contributed by atoms with Crippen LogP contribution in [0.3, 0.4) is 0 Å². The molecule has 4 saturated carbocycles. The van der Waals surface area contributed by atoms with Gasteiger partial charge in [-0.2, -0.15) is 0 Å². The van der Waals surface area contributed by atoms with Crippen LogP contribution >= 0.6 is 0 Å². The van der Waals surface area contributed by atoms with Crippen LogP contribution in [0.4, 0.5) is 4.79 Å². The Morgan fingerprint density at radius 1 is 1.20 bits per heavy atom. The van der Waals surface area contributed by atoms with Crippen LogP contribution in [-0.2, 0) is 0 Å². The van der Waals surface area contributed by atoms with Crippen molar-refractivity contribution in [3.05, 3.63) is 0 Å². The molecule has 4 nitrogen and oxygen atoms in total. The van der Waals surface area contributed by atoms with Gasteiger partial charge in [-0.3, -0.25) is 0 Å². The zero-order valence-corrected chi connectivity index (χ0v) is 12.7. The van der Waals surface area contributed by atoms with Gasteiger partial charge in [-0.25, -0.2) is 4.79 Å². The predicted molar refractivity (Wildman–Crippen MR) is 80.3 cm³/mol. The summed E-state index contributed by atoms with van der Waals surface area (Å²) in [7, 11) is 0. The summed E-state index contributed by atoms with van der Waals surface area (Å²) < 4.78 is 0. The number of hydrogen-bond acceptors (Lipinski definition) is 2. The maximum atomic E-state index is 12.1. The van der Waals surface area contributed by atoms with Gasteiger partial charge in [0.15, 0.2) is 0 Å². The Morgan fingerprint density at radius 3 is 2.25 bits per heavy atom. The van der Waals surface area contributed by atoms with Gasteiger partial charge in [0.1, 0.15) is 0 Å². The van der Waals surface area contributed by atoms with E-state index in [0.717, 1.165) is 37.1 Å². The summed E-state index contributed by atoms with van der Waals surface area (Å²) in [6.45, 7) is 2.75. The molecule has 0 aliphatic heterocycles. The van der Waals surface area contributed by atoms with E-state index < -0.39 is 0 Å². The summed E-state index contributed by atoms with van der Waals surface area (Å²) in [4.78, 5) is 12.1. The number of amides is 2. The van der Waals surface area contributed by atoms with Crippen molar-refractivity contribution in [3.63, 3.8) is 0 Å². The molecular formula is C16H29N3O. The fourth-order valence-electron chi connectivity index (χ4n) is 5.17. The lowest BCUT2D eigenvalue weighted by Gasteiger charge is -2.56. The van der Waals surface area contributed by atoms with Gasteiger partial charge < -0.3 is 16.4 Å². The van der Waals surface area contributed by atoms with Gasteiger partial charge in [0.2, 0.25) is 0 Å². The SMILES string of the molecule is CC(N)CCCNC(=O)NC12CC3CC(CC(C3)C1)C2. The van der Waals surface area contributed by atoms with Crippen LogP contribution in [0, 0.1) is 17.8 Å². The number of carbonyl (C=O) groups is 1. The minimum Gasteiger partial charge on any atom is -0.338 e. The first-order valence-corrected chi connectivity index (χ1v) is 8.36. The van der Waals surface area contributed by atoms with Crippen LogP contribution < -0.4 is 16.4 Å². The van der Waals surface area contributed by atoms with E-state index in [1.54, 1.807) is 0 Å². The second kappa shape index (κ2) is 5.55. The minimum absolute atomic E-state index is 0.0385. The molecule has 2 amide bonds. The van der Waals surface area contributed by atoms with E-state index in [1.165, 1.54) is 38.5 Å². The smallest absolute Gasteiger partial charge is 0.315 e. The summed E-state index contributed by atoms with van der Waals surface area (Å²) >= 11 is 0. The highest BCUT2D eigenvalue weighted by Gasteiger charge is 2.51. The second-order valence-corrected chi connectivity index (χ2v) is 7.70. The summed E-state index contributed by atoms with van der Waals surface area (Å²) in [6, 6.07) is 0.264. The molecule has 1 atom stereocenters. The normalized spacial score (nSPS) is 39.6. The first kappa shape index (κ1) is 14.2. The second-order valence-electron chi connectivity index (χ2n) is 7.70. The molecule has 1 unspecified atom stereocenters. The molecule has 0 aromatic heterocycles. The molecular weight excluding hydrogens is 250 g/mol. The van der Waals surface area contributed by atoms with E-state index in [4.69, 9.17) is 5.73 Å². The average Bonchev–Trinajstić information content (AvgIpc) is 2.32. The summed E-state index contributed by atoms with van der Waals surface area (Å²) in [5, 5.41) is 6.34. The number of nitrogens with two attached hydrogens (primary N) is 1. The van der Waals surface area contributed by atoms with Crippen molar-refractivity contribution < 1.29 is 4.79 Å². The first-order valence-electron chi connectivity index (χ1n) is 8.36. The van der Waals surface area contributed by atoms with Crippen LogP contribution in [0.5, 0.6) is 0 Å². The number of hydrogen-bond donors (Lipinski definition) is 3. The van der Waals surface area contributed by atoms with E-state index in [2.05, 4.69) is 10.6 Å². The molecule has 0 saturated heterocycles. The molecule has 0 aromatic carbocycles. The Bertz CT molecular complexity index is 331. The fourth-order valence-corrected chi connectivity index (χ4v) is 5.17. The maximum Gasteiger partial charge on any atom is 0.315 e. The molecule has 0 heterocycles. The highest BCUT2D eigenvalue weighted by Crippen LogP contribution is 2.55. The lowest BCUT2D eigenvalue weighted by molar-refractivity contribution is -0.0135. The summed E-state index contributed by atoms with van der Waals surface area (Å²) in [6.07, 6.45) is 9.82. The quantitative estimate of drug-likeness (QED) is 0.676. The number of carbonyl (C=O) groups excluding carboxylic acids is 1. The van der Waals surface area contributed by atoms with Crippen molar-refractivity contribution in [1.82, 2.24) is 10.6 Å². The first-order chi connectivity index (χ1) is 9.55. The van der Waals surface area contributed by atoms with E-state index in [-0.39, 0.29) is 17.6 Å². The number of rotatable bonds is 5. The molecule has 4 heteroatoms. The van der Waals surface area contributed by atoms with Gasteiger partial charge in [0, 0.05) is 18.1 Å². The lowest BCUT2D eigenvalue weighted by atomic mass is 9.53. The molecule has 4 fully saturated rings. The molecule has 0 aromatic rings. The van der Waals surface area contributed by atoms with Gasteiger partial charge in [-0.05, 0) is 76.0 Å². The topological polar surface area (TPSA) is 67.1 Å². The van der Waals surface area contributed by atoms with E-state index in [1.807, 2.05) is 6.92 Å². The Morgan fingerprint density at radius 2 is 1.75 bits per heavy atom. The van der Waals surface area contributed by atoms with Crippen LogP contribution in [0.1, 0.15) is 58.3 Å². The van der Waals surface area contributed by atoms with Crippen molar-refractivity contribution in [2.24, 2.45) is 23.5 Å². The molecule has 0 radical (unpaired) electrons. The summed E-state index contributed by atoms with van der Waals surface area (Å²) in [5.74, 6) is 2.62. The van der Waals surface area contributed by atoms with Gasteiger partial charge in [0.05, 0.1) is 0 Å². The molecule has 4 rings (SSSR count). The molecule has 4 aliphatic carbocycles. The lowest BCUT2D eigenvalue weighted by Crippen LogP contribution is -2.61. The number of urea groups is 1. The largest absolute Gasteiger partial charge is 0.338 e. The van der Waals surface area contributed by atoms with E-state index >= 15 is 0 Å². The van der Waals surface area contributed by atoms with Crippen molar-refractivity contribution in [2.75, 3.05) is 6.54 Å². The van der Waals surface area contributed by atoms with Gasteiger partial charge in [-0.15, -0.1) is 0 Å². The van der Waals surface area contributed by atoms with Crippen molar-refractivity contribution in [1.29, 1.82) is 0 Å². The molecule has 114 valence electrons. The third-order valence-corrected chi connectivity index (χ3v) is 5.54. The minimum atomic E-state index is 0.0385. The summed E-state index contributed by atoms with van der Waals surface area (Å²) in [5.41, 5.74) is 5.84. The number of nitrogens with one attached hydrogen (secondary N) is 2. The zero-order chi connectivity index (χ0) is 14.2. The van der Waals surface area contributed by atoms with E-state index in [9.17, 15) is 4.79 Å². The van der Waals surface area contributed by atoms with E-state index in [0.29, 0.717) is 0 Å². The molecule has 4 bridgehead atoms. The molecule has 20 heavy (non-hydrogen) atoms. The van der Waals surface area contributed by atoms with Gasteiger partial charge in [0.25, 0.3) is 0 Å². The standard InChI is InChI=1S/C16H29N3O/c1-11(17)3-2-4-18-15(20)19-16-8-12-5-13(9-16)7-14(6-12)10-16/h11-14H,2-10,17H2,1H3,(H2,18,19,20). The fraction of sp³-hybridized carbons (Fsp3) is 0.938. The van der Waals surface area contributed by atoms with Gasteiger partial charge in [-0.1, -0.05) is 0 Å². The Hall–Kier alpha value is -0.770. The average molecular weight is 279 g/mol. The Labute approximate surface area is 122 Å². The van der Waals surface area contributed by atoms with Crippen LogP contribution in [0.25, 0.3) is 0 Å². The van der Waals surface area contributed by atoms with Gasteiger partial charge >= 0.3 is 6.03 Å². The molecule has 4 N–H and O–H groups in total. The zero-order valence-electron chi connectivity index (χ0n) is 12.7. The van der Waals surface area contributed by atoms with Crippen LogP contribution in [-0.4, -0.2) is 24.2 Å².